The van der Waals surface area contributed by atoms with Gasteiger partial charge in [-0.15, -0.1) is 0 Å². The zero-order chi connectivity index (χ0) is 58.7. The van der Waals surface area contributed by atoms with E-state index in [-0.39, 0.29) is 75.6 Å². The molecule has 0 aromatic rings. The Morgan fingerprint density at radius 2 is 1.38 bits per heavy atom. The predicted molar refractivity (Wildman–Crippen MR) is 303 cm³/mol. The Morgan fingerprint density at radius 1 is 0.744 bits per heavy atom. The number of hydrogen-bond donors (Lipinski definition) is 12. The molecule has 0 aromatic carbocycles. The summed E-state index contributed by atoms with van der Waals surface area (Å²) in [5.41, 5.74) is 11.7. The van der Waals surface area contributed by atoms with E-state index >= 15 is 0 Å². The molecule has 0 aromatic heterocycles. The van der Waals surface area contributed by atoms with Gasteiger partial charge in [0, 0.05) is 74.8 Å². The fourth-order valence-electron chi connectivity index (χ4n) is 10.1. The van der Waals surface area contributed by atoms with Crippen LogP contribution in [0, 0.1) is 35.5 Å². The standard InChI is InChI=1S/C60H105N3O15/c1-37(2)20-15-16-26-55(72)76-47-31-45(64)30-46(65)32-50(67)38(3)22-18-24-42(7)56(41(6)21-14-12-10-11-13-17-29-63-59(61)62)77-58(74)43(8)25-19-23-39(4)51(68)35-52(69)44(9)49(66)28-27-40(5)54(71)36-60(75)57(73)53(70)34-48(33-47)78-60/h10-11,18-19,22-25,37,39-42,44-54,56-57,64-71,73,75H,12-17,20-21,26-36H2,1-9H3,(H4,61,62,63)/t39?,40-,41-,42?,44?,45+,46+,47-,48-,49?,50-,51?,52?,53+,54-,56-,57-,60+/m0/s1. The summed E-state index contributed by atoms with van der Waals surface area (Å²) in [6.07, 6.45) is 6.50. The van der Waals surface area contributed by atoms with E-state index in [2.05, 4.69) is 31.0 Å². The maximum absolute atomic E-state index is 13.6. The van der Waals surface area contributed by atoms with Crippen LogP contribution in [0.2, 0.25) is 0 Å². The first kappa shape index (κ1) is 70.6. The van der Waals surface area contributed by atoms with Crippen LogP contribution < -0.4 is 11.5 Å². The number of hydrogen-bond acceptors (Lipinski definition) is 16. The van der Waals surface area contributed by atoms with E-state index in [0.29, 0.717) is 30.0 Å². The molecule has 0 spiro atoms. The molecule has 2 bridgehead atoms. The third kappa shape index (κ3) is 27.3. The lowest BCUT2D eigenvalue weighted by Gasteiger charge is -2.45. The van der Waals surface area contributed by atoms with E-state index in [0.717, 1.165) is 44.9 Å². The zero-order valence-corrected chi connectivity index (χ0v) is 48.6. The lowest BCUT2D eigenvalue weighted by Crippen LogP contribution is -2.60. The van der Waals surface area contributed by atoms with E-state index in [1.165, 1.54) is 0 Å². The summed E-state index contributed by atoms with van der Waals surface area (Å²) in [7, 11) is 0. The molecular formula is C60H105N3O15. The van der Waals surface area contributed by atoms with E-state index < -0.39 is 115 Å². The Balaban J connectivity index is 2.45. The molecule has 0 aliphatic carbocycles. The third-order valence-electron chi connectivity index (χ3n) is 15.6. The SMILES string of the molecule is CC1=CC=CC(C)C(O)CC(O)C(C)C(O)CC[C@H](C)[C@@H](O)C[C@@]2(O)O[C@@H](C[C@@H](OC(=O)CCCCC(C)C)C[C@H](O)C[C@@H](O)C[C@H](O)C(C)=CC=CC(C)[C@H]([C@@H](C)CCCC=CCCCN=C(N)N)OC1=O)C[C@@H](O)[C@@H]2O. The summed E-state index contributed by atoms with van der Waals surface area (Å²) in [6.45, 7) is 17.2. The Labute approximate surface area is 466 Å². The second-order valence-corrected chi connectivity index (χ2v) is 23.4. The normalized spacial score (nSPS) is 35.0. The number of allylic oxidation sites excluding steroid dienone is 6. The maximum Gasteiger partial charge on any atom is 0.334 e. The summed E-state index contributed by atoms with van der Waals surface area (Å²) in [6, 6.07) is 0. The van der Waals surface area contributed by atoms with E-state index in [4.69, 9.17) is 25.7 Å². The Morgan fingerprint density at radius 3 is 2.05 bits per heavy atom. The number of nitrogens with two attached hydrogens (primary N) is 2. The van der Waals surface area contributed by atoms with Gasteiger partial charge >= 0.3 is 11.9 Å². The first-order chi connectivity index (χ1) is 36.6. The highest BCUT2D eigenvalue weighted by Crippen LogP contribution is 2.36. The minimum Gasteiger partial charge on any atom is -0.462 e. The number of fused-ring (bicyclic) bond motifs is 2. The van der Waals surface area contributed by atoms with Crippen molar-refractivity contribution in [2.45, 2.75) is 257 Å². The molecule has 1 saturated heterocycles. The van der Waals surface area contributed by atoms with Crippen molar-refractivity contribution in [3.8, 4) is 0 Å². The summed E-state index contributed by atoms with van der Waals surface area (Å²) in [5.74, 6) is -4.91. The Kier molecular flexibility index (Phi) is 33.2. The van der Waals surface area contributed by atoms with Crippen molar-refractivity contribution in [1.82, 2.24) is 0 Å². The average Bonchev–Trinajstić information content (AvgIpc) is 3.36. The number of aliphatic hydroxyl groups excluding tert-OH is 9. The smallest absolute Gasteiger partial charge is 0.334 e. The number of carbonyl (C=O) groups excluding carboxylic acids is 2. The number of nitrogens with zero attached hydrogens (tertiary/aromatic N) is 1. The largest absolute Gasteiger partial charge is 0.462 e. The molecule has 0 amide bonds. The highest BCUT2D eigenvalue weighted by atomic mass is 16.7. The van der Waals surface area contributed by atoms with Gasteiger partial charge in [-0.05, 0) is 95.0 Å². The van der Waals surface area contributed by atoms with E-state index in [1.54, 1.807) is 65.0 Å². The van der Waals surface area contributed by atoms with E-state index in [1.807, 2.05) is 19.9 Å². The highest BCUT2D eigenvalue weighted by Gasteiger charge is 2.50. The van der Waals surface area contributed by atoms with Crippen LogP contribution in [0.1, 0.15) is 178 Å². The summed E-state index contributed by atoms with van der Waals surface area (Å²) in [4.78, 5) is 30.9. The fraction of sp³-hybridized carbons (Fsp3) is 0.783. The number of rotatable bonds is 15. The van der Waals surface area contributed by atoms with Crippen LogP contribution in [0.25, 0.3) is 0 Å². The molecule has 2 rings (SSSR count). The molecule has 0 radical (unpaired) electrons. The molecule has 78 heavy (non-hydrogen) atoms. The number of esters is 2. The van der Waals surface area contributed by atoms with Gasteiger partial charge < -0.3 is 76.7 Å². The molecule has 14 N–H and O–H groups in total. The van der Waals surface area contributed by atoms with Crippen LogP contribution in [0.3, 0.4) is 0 Å². The van der Waals surface area contributed by atoms with Crippen LogP contribution >= 0.6 is 0 Å². The number of carbonyl (C=O) groups is 2. The van der Waals surface area contributed by atoms with Gasteiger partial charge in [-0.25, -0.2) is 4.79 Å². The lowest BCUT2D eigenvalue weighted by molar-refractivity contribution is -0.333. The average molecular weight is 1110 g/mol. The van der Waals surface area contributed by atoms with Crippen molar-refractivity contribution in [1.29, 1.82) is 0 Å². The van der Waals surface area contributed by atoms with Gasteiger partial charge in [-0.1, -0.05) is 110 Å². The fourth-order valence-corrected chi connectivity index (χ4v) is 10.1. The second-order valence-electron chi connectivity index (χ2n) is 23.4. The molecule has 2 heterocycles. The first-order valence-electron chi connectivity index (χ1n) is 29.0. The van der Waals surface area contributed by atoms with Crippen LogP contribution in [0.5, 0.6) is 0 Å². The van der Waals surface area contributed by atoms with Gasteiger partial charge in [0.1, 0.15) is 18.3 Å². The van der Waals surface area contributed by atoms with E-state index in [9.17, 15) is 60.7 Å². The zero-order valence-electron chi connectivity index (χ0n) is 48.6. The van der Waals surface area contributed by atoms with Crippen molar-refractivity contribution in [3.05, 3.63) is 59.8 Å². The number of aliphatic hydroxyl groups is 10. The molecule has 6 unspecified atom stereocenters. The van der Waals surface area contributed by atoms with Gasteiger partial charge in [0.05, 0.1) is 54.9 Å². The molecule has 18 nitrogen and oxygen atoms in total. The van der Waals surface area contributed by atoms with Crippen LogP contribution in [-0.4, -0.2) is 155 Å². The van der Waals surface area contributed by atoms with Crippen molar-refractivity contribution < 1.29 is 74.9 Å². The molecule has 0 saturated carbocycles. The monoisotopic (exact) mass is 1110 g/mol. The first-order valence-corrected chi connectivity index (χ1v) is 29.0. The number of cyclic esters (lactones) is 1. The van der Waals surface area contributed by atoms with Gasteiger partial charge in [0.15, 0.2) is 11.7 Å². The summed E-state index contributed by atoms with van der Waals surface area (Å²) < 4.78 is 18.1. The van der Waals surface area contributed by atoms with Crippen LogP contribution in [0.4, 0.5) is 0 Å². The lowest BCUT2D eigenvalue weighted by atomic mass is 9.84. The summed E-state index contributed by atoms with van der Waals surface area (Å²) >= 11 is 0. The molecule has 18 heteroatoms. The highest BCUT2D eigenvalue weighted by molar-refractivity contribution is 5.88. The van der Waals surface area contributed by atoms with Crippen molar-refractivity contribution in [2.24, 2.45) is 52.0 Å². The molecule has 2 aliphatic rings. The molecule has 2 aliphatic heterocycles. The molecule has 450 valence electrons. The van der Waals surface area contributed by atoms with Crippen LogP contribution in [-0.2, 0) is 23.8 Å². The van der Waals surface area contributed by atoms with Gasteiger partial charge in [-0.2, -0.15) is 0 Å². The van der Waals surface area contributed by atoms with Crippen LogP contribution in [0.15, 0.2) is 64.7 Å². The van der Waals surface area contributed by atoms with Gasteiger partial charge in [-0.3, -0.25) is 9.79 Å². The minimum absolute atomic E-state index is 0.0468. The van der Waals surface area contributed by atoms with Gasteiger partial charge in [0.25, 0.3) is 0 Å². The molecule has 18 atom stereocenters. The van der Waals surface area contributed by atoms with Gasteiger partial charge in [0.2, 0.25) is 0 Å². The third-order valence-corrected chi connectivity index (χ3v) is 15.6. The number of unbranched alkanes of at least 4 members (excludes halogenated alkanes) is 3. The number of aliphatic imine (C=N–C) groups is 1. The number of ether oxygens (including phenoxy) is 3. The quantitative estimate of drug-likeness (QED) is 0.0301. The van der Waals surface area contributed by atoms with Crippen molar-refractivity contribution >= 4 is 17.9 Å². The number of guanidine groups is 1. The Hall–Kier alpha value is -3.53. The summed E-state index contributed by atoms with van der Waals surface area (Å²) in [5, 5.41) is 112. The predicted octanol–water partition coefficient (Wildman–Crippen LogP) is 5.85. The topological polar surface area (TPSA) is 329 Å². The second kappa shape index (κ2) is 36.7. The molecule has 1 fully saturated rings. The molecular weight excluding hydrogens is 1000 g/mol. The van der Waals surface area contributed by atoms with Crippen molar-refractivity contribution in [3.63, 3.8) is 0 Å². The van der Waals surface area contributed by atoms with Crippen molar-refractivity contribution in [2.75, 3.05) is 6.54 Å². The Bertz CT molecular complexity index is 1910. The minimum atomic E-state index is -2.43. The maximum atomic E-state index is 13.6.